The summed E-state index contributed by atoms with van der Waals surface area (Å²) in [6, 6.07) is 7.97. The summed E-state index contributed by atoms with van der Waals surface area (Å²) in [4.78, 5) is 15.5. The highest BCUT2D eigenvalue weighted by Gasteiger charge is 2.27. The Morgan fingerprint density at radius 1 is 1.24 bits per heavy atom. The molecule has 112 valence electrons. The Hall–Kier alpha value is -1.55. The second kappa shape index (κ2) is 5.34. The van der Waals surface area contributed by atoms with Crippen LogP contribution >= 0.6 is 11.3 Å². The number of anilines is 1. The van der Waals surface area contributed by atoms with Gasteiger partial charge >= 0.3 is 0 Å². The standard InChI is InChI=1S/C17H22N2OS/c1-17(2)8-5-10-19(11-9-17)16(20)15-14(18)12-6-3-4-7-13(12)21-15/h3-4,6-7H,5,8-11,18H2,1-2H3. The van der Waals surface area contributed by atoms with Gasteiger partial charge in [-0.15, -0.1) is 11.3 Å². The number of fused-ring (bicyclic) bond motifs is 1. The Morgan fingerprint density at radius 2 is 2.00 bits per heavy atom. The molecule has 1 fully saturated rings. The number of likely N-dealkylation sites (tertiary alicyclic amines) is 1. The quantitative estimate of drug-likeness (QED) is 0.860. The molecule has 0 saturated carbocycles. The number of hydrogen-bond donors (Lipinski definition) is 1. The molecule has 3 nitrogen and oxygen atoms in total. The molecule has 1 aliphatic rings. The van der Waals surface area contributed by atoms with Gasteiger partial charge in [0.05, 0.1) is 5.69 Å². The highest BCUT2D eigenvalue weighted by atomic mass is 32.1. The van der Waals surface area contributed by atoms with E-state index in [-0.39, 0.29) is 5.91 Å². The van der Waals surface area contributed by atoms with Crippen LogP contribution in [-0.2, 0) is 0 Å². The highest BCUT2D eigenvalue weighted by molar-refractivity contribution is 7.21. The molecule has 0 unspecified atom stereocenters. The van der Waals surface area contributed by atoms with Gasteiger partial charge in [0, 0.05) is 23.2 Å². The Labute approximate surface area is 129 Å². The molecule has 0 bridgehead atoms. The Bertz CT molecular complexity index is 674. The number of nitrogen functional groups attached to an aromatic ring is 1. The van der Waals surface area contributed by atoms with Gasteiger partial charge in [0.1, 0.15) is 4.88 Å². The van der Waals surface area contributed by atoms with Crippen molar-refractivity contribution in [2.75, 3.05) is 18.8 Å². The lowest BCUT2D eigenvalue weighted by Gasteiger charge is -2.23. The minimum atomic E-state index is 0.103. The zero-order valence-electron chi connectivity index (χ0n) is 12.7. The molecule has 0 aliphatic carbocycles. The van der Waals surface area contributed by atoms with Gasteiger partial charge in [0.25, 0.3) is 5.91 Å². The van der Waals surface area contributed by atoms with Crippen molar-refractivity contribution in [2.45, 2.75) is 33.1 Å². The lowest BCUT2D eigenvalue weighted by atomic mass is 9.85. The lowest BCUT2D eigenvalue weighted by Crippen LogP contribution is -2.32. The molecule has 2 N–H and O–H groups in total. The maximum absolute atomic E-state index is 12.8. The van der Waals surface area contributed by atoms with E-state index in [1.807, 2.05) is 29.2 Å². The van der Waals surface area contributed by atoms with Crippen LogP contribution in [0.4, 0.5) is 5.69 Å². The number of thiophene rings is 1. The average molecular weight is 302 g/mol. The van der Waals surface area contributed by atoms with Crippen LogP contribution in [0.1, 0.15) is 42.8 Å². The smallest absolute Gasteiger partial charge is 0.266 e. The van der Waals surface area contributed by atoms with Crippen LogP contribution in [0.15, 0.2) is 24.3 Å². The first-order valence-electron chi connectivity index (χ1n) is 7.54. The summed E-state index contributed by atoms with van der Waals surface area (Å²) in [6.45, 7) is 6.25. The molecule has 1 aliphatic heterocycles. The SMILES string of the molecule is CC1(C)CCCN(C(=O)c2sc3ccccc3c2N)CC1. The predicted molar refractivity (Wildman–Crippen MR) is 89.8 cm³/mol. The van der Waals surface area contributed by atoms with E-state index in [0.29, 0.717) is 16.0 Å². The number of carbonyl (C=O) groups is 1. The minimum Gasteiger partial charge on any atom is -0.397 e. The van der Waals surface area contributed by atoms with Crippen molar-refractivity contribution in [2.24, 2.45) is 5.41 Å². The third kappa shape index (κ3) is 2.77. The first kappa shape index (κ1) is 14.4. The third-order valence-corrected chi connectivity index (χ3v) is 5.63. The summed E-state index contributed by atoms with van der Waals surface area (Å²) in [5, 5.41) is 1.00. The predicted octanol–water partition coefficient (Wildman–Crippen LogP) is 4.14. The zero-order valence-corrected chi connectivity index (χ0v) is 13.5. The van der Waals surface area contributed by atoms with Crippen molar-refractivity contribution >= 4 is 33.0 Å². The molecule has 1 saturated heterocycles. The molecular weight excluding hydrogens is 280 g/mol. The van der Waals surface area contributed by atoms with Crippen molar-refractivity contribution in [1.82, 2.24) is 4.90 Å². The van der Waals surface area contributed by atoms with E-state index in [1.54, 1.807) is 0 Å². The lowest BCUT2D eigenvalue weighted by molar-refractivity contribution is 0.0763. The average Bonchev–Trinajstić information content (AvgIpc) is 2.67. The first-order chi connectivity index (χ1) is 9.98. The maximum atomic E-state index is 12.8. The van der Waals surface area contributed by atoms with Crippen LogP contribution in [0.5, 0.6) is 0 Å². The van der Waals surface area contributed by atoms with Gasteiger partial charge in [0.15, 0.2) is 0 Å². The van der Waals surface area contributed by atoms with E-state index >= 15 is 0 Å². The third-order valence-electron chi connectivity index (χ3n) is 4.46. The van der Waals surface area contributed by atoms with E-state index in [1.165, 1.54) is 17.8 Å². The fourth-order valence-corrected chi connectivity index (χ4v) is 4.08. The van der Waals surface area contributed by atoms with Gasteiger partial charge in [0.2, 0.25) is 0 Å². The first-order valence-corrected chi connectivity index (χ1v) is 8.36. The van der Waals surface area contributed by atoms with Crippen LogP contribution in [-0.4, -0.2) is 23.9 Å². The molecule has 1 aromatic carbocycles. The number of amides is 1. The Morgan fingerprint density at radius 3 is 2.76 bits per heavy atom. The van der Waals surface area contributed by atoms with Gasteiger partial charge in [-0.1, -0.05) is 32.0 Å². The highest BCUT2D eigenvalue weighted by Crippen LogP contribution is 2.36. The summed E-state index contributed by atoms with van der Waals surface area (Å²) in [5.74, 6) is 0.103. The van der Waals surface area contributed by atoms with Crippen LogP contribution in [0, 0.1) is 5.41 Å². The number of nitrogens with two attached hydrogens (primary N) is 1. The van der Waals surface area contributed by atoms with Gasteiger partial charge in [-0.3, -0.25) is 4.79 Å². The molecule has 1 amide bonds. The Kier molecular flexibility index (Phi) is 3.66. The van der Waals surface area contributed by atoms with Crippen molar-refractivity contribution in [3.8, 4) is 0 Å². The van der Waals surface area contributed by atoms with E-state index in [4.69, 9.17) is 5.73 Å². The molecule has 2 heterocycles. The van der Waals surface area contributed by atoms with Crippen molar-refractivity contribution in [3.05, 3.63) is 29.1 Å². The van der Waals surface area contributed by atoms with Gasteiger partial charge in [-0.05, 0) is 30.7 Å². The fourth-order valence-electron chi connectivity index (χ4n) is 2.99. The zero-order chi connectivity index (χ0) is 15.0. The molecule has 0 spiro atoms. The van der Waals surface area contributed by atoms with Gasteiger partial charge in [-0.2, -0.15) is 0 Å². The van der Waals surface area contributed by atoms with E-state index in [2.05, 4.69) is 13.8 Å². The molecule has 0 atom stereocenters. The summed E-state index contributed by atoms with van der Waals surface area (Å²) in [7, 11) is 0. The van der Waals surface area contributed by atoms with Crippen LogP contribution < -0.4 is 5.73 Å². The summed E-state index contributed by atoms with van der Waals surface area (Å²) >= 11 is 1.52. The second-order valence-electron chi connectivity index (χ2n) is 6.65. The molecule has 21 heavy (non-hydrogen) atoms. The number of nitrogens with zero attached hydrogens (tertiary/aromatic N) is 1. The van der Waals surface area contributed by atoms with Crippen molar-refractivity contribution < 1.29 is 4.79 Å². The monoisotopic (exact) mass is 302 g/mol. The molecule has 2 aromatic rings. The molecule has 1 aromatic heterocycles. The molecule has 4 heteroatoms. The van der Waals surface area contributed by atoms with E-state index in [0.717, 1.165) is 36.0 Å². The summed E-state index contributed by atoms with van der Waals surface area (Å²) in [6.07, 6.45) is 3.31. The van der Waals surface area contributed by atoms with Crippen molar-refractivity contribution in [3.63, 3.8) is 0 Å². The van der Waals surface area contributed by atoms with E-state index in [9.17, 15) is 4.79 Å². The Balaban J connectivity index is 1.88. The van der Waals surface area contributed by atoms with Crippen LogP contribution in [0.2, 0.25) is 0 Å². The largest absolute Gasteiger partial charge is 0.397 e. The number of rotatable bonds is 1. The van der Waals surface area contributed by atoms with Gasteiger partial charge in [-0.25, -0.2) is 0 Å². The van der Waals surface area contributed by atoms with Crippen LogP contribution in [0.25, 0.3) is 10.1 Å². The van der Waals surface area contributed by atoms with Crippen molar-refractivity contribution in [1.29, 1.82) is 0 Å². The molecule has 0 radical (unpaired) electrons. The van der Waals surface area contributed by atoms with Gasteiger partial charge < -0.3 is 10.6 Å². The molecule has 3 rings (SSSR count). The van der Waals surface area contributed by atoms with Crippen LogP contribution in [0.3, 0.4) is 0 Å². The number of hydrogen-bond acceptors (Lipinski definition) is 3. The topological polar surface area (TPSA) is 46.3 Å². The summed E-state index contributed by atoms with van der Waals surface area (Å²) in [5.41, 5.74) is 7.18. The van der Waals surface area contributed by atoms with E-state index < -0.39 is 0 Å². The number of benzene rings is 1. The second-order valence-corrected chi connectivity index (χ2v) is 7.70. The minimum absolute atomic E-state index is 0.103. The number of carbonyl (C=O) groups excluding carboxylic acids is 1. The summed E-state index contributed by atoms with van der Waals surface area (Å²) < 4.78 is 1.09. The maximum Gasteiger partial charge on any atom is 0.266 e. The fraction of sp³-hybridized carbons (Fsp3) is 0.471. The molecular formula is C17H22N2OS. The normalized spacial score (nSPS) is 18.7.